The summed E-state index contributed by atoms with van der Waals surface area (Å²) in [7, 11) is 1.43. The number of pyridine rings is 1. The first-order valence-corrected chi connectivity index (χ1v) is 11.5. The number of aromatic nitrogens is 4. The van der Waals surface area contributed by atoms with Gasteiger partial charge in [-0.15, -0.1) is 0 Å². The molecule has 1 N–H and O–H groups in total. The van der Waals surface area contributed by atoms with E-state index >= 15 is 0 Å². The number of carbonyl (C=O) groups is 2. The Bertz CT molecular complexity index is 1310. The molecule has 1 aliphatic carbocycles. The van der Waals surface area contributed by atoms with Crippen molar-refractivity contribution in [3.63, 3.8) is 0 Å². The molecule has 0 atom stereocenters. The van der Waals surface area contributed by atoms with Crippen molar-refractivity contribution in [2.45, 2.75) is 65.5 Å². The van der Waals surface area contributed by atoms with E-state index in [1.165, 1.54) is 13.2 Å². The highest BCUT2D eigenvalue weighted by molar-refractivity contribution is 5.92. The molecule has 3 aromatic heterocycles. The maximum Gasteiger partial charge on any atom is 0.316 e. The van der Waals surface area contributed by atoms with Crippen LogP contribution >= 0.6 is 0 Å². The summed E-state index contributed by atoms with van der Waals surface area (Å²) in [6.07, 6.45) is 9.21. The number of hydrogen-bond donors (Lipinski definition) is 1. The highest BCUT2D eigenvalue weighted by Crippen LogP contribution is 2.41. The third kappa shape index (κ3) is 4.22. The second kappa shape index (κ2) is 8.70. The van der Waals surface area contributed by atoms with Crippen LogP contribution in [-0.2, 0) is 16.9 Å². The molecule has 0 spiro atoms. The maximum absolute atomic E-state index is 12.9. The summed E-state index contributed by atoms with van der Waals surface area (Å²) in [6.45, 7) is 7.57. The molecule has 9 nitrogen and oxygen atoms in total. The first kappa shape index (κ1) is 23.7. The van der Waals surface area contributed by atoms with Crippen molar-refractivity contribution < 1.29 is 14.3 Å². The van der Waals surface area contributed by atoms with Gasteiger partial charge in [0.2, 0.25) is 0 Å². The Kier molecular flexibility index (Phi) is 6.05. The summed E-state index contributed by atoms with van der Waals surface area (Å²) >= 11 is 0. The number of nitrogens with one attached hydrogen (secondary N) is 1. The fraction of sp³-hybridized carbons (Fsp3) is 0.480. The van der Waals surface area contributed by atoms with Gasteiger partial charge in [0.1, 0.15) is 5.65 Å². The van der Waals surface area contributed by atoms with Crippen LogP contribution in [0.15, 0.2) is 35.5 Å². The lowest BCUT2D eigenvalue weighted by Gasteiger charge is -2.32. The number of carbonyl (C=O) groups excluding carboxylic acids is 2. The van der Waals surface area contributed by atoms with E-state index in [9.17, 15) is 14.4 Å². The van der Waals surface area contributed by atoms with Gasteiger partial charge >= 0.3 is 5.97 Å². The minimum absolute atomic E-state index is 0.201. The average Bonchev–Trinajstić information content (AvgIpc) is 3.40. The van der Waals surface area contributed by atoms with Crippen molar-refractivity contribution in [3.8, 4) is 5.75 Å². The summed E-state index contributed by atoms with van der Waals surface area (Å²) in [6, 6.07) is 3.98. The predicted octanol–water partition coefficient (Wildman–Crippen LogP) is 3.18. The second-order valence-corrected chi connectivity index (χ2v) is 10.1. The molecule has 0 bridgehead atoms. The van der Waals surface area contributed by atoms with E-state index < -0.39 is 22.7 Å². The first-order valence-electron chi connectivity index (χ1n) is 11.5. The molecule has 0 aromatic carbocycles. The van der Waals surface area contributed by atoms with Gasteiger partial charge in [-0.1, -0.05) is 12.8 Å². The van der Waals surface area contributed by atoms with Gasteiger partial charge in [-0.3, -0.25) is 19.1 Å². The third-order valence-corrected chi connectivity index (χ3v) is 6.45. The summed E-state index contributed by atoms with van der Waals surface area (Å²) in [5.41, 5.74) is -0.136. The zero-order valence-corrected chi connectivity index (χ0v) is 20.3. The van der Waals surface area contributed by atoms with Crippen molar-refractivity contribution in [1.82, 2.24) is 24.6 Å². The van der Waals surface area contributed by atoms with Gasteiger partial charge in [-0.25, -0.2) is 4.98 Å². The third-order valence-electron chi connectivity index (χ3n) is 6.45. The zero-order chi connectivity index (χ0) is 24.7. The number of esters is 1. The molecule has 0 unspecified atom stereocenters. The summed E-state index contributed by atoms with van der Waals surface area (Å²) in [4.78, 5) is 42.5. The van der Waals surface area contributed by atoms with Crippen LogP contribution in [0.1, 0.15) is 62.5 Å². The van der Waals surface area contributed by atoms with Crippen molar-refractivity contribution in [2.24, 2.45) is 5.41 Å². The molecule has 34 heavy (non-hydrogen) atoms. The molecule has 1 fully saturated rings. The van der Waals surface area contributed by atoms with Gasteiger partial charge in [0.25, 0.3) is 11.3 Å². The fourth-order valence-corrected chi connectivity index (χ4v) is 4.58. The average molecular weight is 466 g/mol. The monoisotopic (exact) mass is 465 g/mol. The van der Waals surface area contributed by atoms with Crippen molar-refractivity contribution in [2.75, 3.05) is 7.05 Å². The number of amides is 1. The van der Waals surface area contributed by atoms with Gasteiger partial charge in [0.05, 0.1) is 23.7 Å². The first-order chi connectivity index (χ1) is 16.1. The Morgan fingerprint density at radius 1 is 1.21 bits per heavy atom. The largest absolute Gasteiger partial charge is 0.420 e. The topological polar surface area (TPSA) is 108 Å². The van der Waals surface area contributed by atoms with E-state index in [0.717, 1.165) is 42.3 Å². The van der Waals surface area contributed by atoms with E-state index in [-0.39, 0.29) is 17.0 Å². The number of hydrogen-bond acceptors (Lipinski definition) is 6. The maximum atomic E-state index is 12.9. The smallest absolute Gasteiger partial charge is 0.316 e. The van der Waals surface area contributed by atoms with Crippen LogP contribution in [0, 0.1) is 12.3 Å². The van der Waals surface area contributed by atoms with Crippen molar-refractivity contribution in [3.05, 3.63) is 52.2 Å². The van der Waals surface area contributed by atoms with Crippen LogP contribution < -0.4 is 15.5 Å². The fourth-order valence-electron chi connectivity index (χ4n) is 4.58. The Labute approximate surface area is 198 Å². The summed E-state index contributed by atoms with van der Waals surface area (Å²) in [5, 5.41) is 7.90. The number of nitrogens with zero attached hydrogens (tertiary/aromatic N) is 4. The SMILES string of the molecule is CNC(=O)c1nn(CC2(n3cc(C)c4cccnc43)CCCC2)cc(OC(=O)C(C)(C)C)c1=O. The van der Waals surface area contributed by atoms with Crippen LogP contribution in [0.3, 0.4) is 0 Å². The lowest BCUT2D eigenvalue weighted by Crippen LogP contribution is -2.38. The standard InChI is InChI=1S/C25H31N5O4/c1-16-13-30(21-17(16)9-8-12-27-21)25(10-6-7-11-25)15-29-14-18(34-23(33)24(2,3)4)20(31)19(28-29)22(32)26-5/h8-9,12-14H,6-7,10-11,15H2,1-5H3,(H,26,32). The van der Waals surface area contributed by atoms with Crippen molar-refractivity contribution in [1.29, 1.82) is 0 Å². The molecule has 0 radical (unpaired) electrons. The Hall–Kier alpha value is -3.49. The van der Waals surface area contributed by atoms with Crippen LogP contribution in [0.4, 0.5) is 0 Å². The van der Waals surface area contributed by atoms with E-state index in [2.05, 4.69) is 39.2 Å². The molecular weight excluding hydrogens is 434 g/mol. The van der Waals surface area contributed by atoms with Crippen molar-refractivity contribution >= 4 is 22.9 Å². The number of ether oxygens (including phenoxy) is 1. The van der Waals surface area contributed by atoms with Crippen LogP contribution in [-0.4, -0.2) is 38.3 Å². The highest BCUT2D eigenvalue weighted by atomic mass is 16.5. The molecule has 0 saturated heterocycles. The van der Waals surface area contributed by atoms with E-state index in [0.29, 0.717) is 6.54 Å². The van der Waals surface area contributed by atoms with Gasteiger partial charge in [0.15, 0.2) is 11.4 Å². The minimum Gasteiger partial charge on any atom is -0.420 e. The summed E-state index contributed by atoms with van der Waals surface area (Å²) < 4.78 is 9.23. The second-order valence-electron chi connectivity index (χ2n) is 10.1. The molecule has 1 aliphatic rings. The van der Waals surface area contributed by atoms with Crippen LogP contribution in [0.2, 0.25) is 0 Å². The highest BCUT2D eigenvalue weighted by Gasteiger charge is 2.38. The van der Waals surface area contributed by atoms with Gasteiger partial charge in [-0.2, -0.15) is 5.10 Å². The molecule has 180 valence electrons. The molecule has 3 aromatic rings. The van der Waals surface area contributed by atoms with Crippen LogP contribution in [0.5, 0.6) is 5.75 Å². The number of aryl methyl sites for hydroxylation is 1. The molecule has 0 aliphatic heterocycles. The molecular formula is C25H31N5O4. The molecule has 9 heteroatoms. The number of fused-ring (bicyclic) bond motifs is 1. The Morgan fingerprint density at radius 2 is 1.91 bits per heavy atom. The lowest BCUT2D eigenvalue weighted by atomic mass is 9.97. The normalized spacial score (nSPS) is 15.4. The molecule has 4 rings (SSSR count). The van der Waals surface area contributed by atoms with E-state index in [1.54, 1.807) is 31.6 Å². The minimum atomic E-state index is -0.812. The molecule has 1 saturated carbocycles. The van der Waals surface area contributed by atoms with Gasteiger partial charge in [-0.05, 0) is 58.2 Å². The quantitative estimate of drug-likeness (QED) is 0.580. The lowest BCUT2D eigenvalue weighted by molar-refractivity contribution is -0.143. The number of rotatable bonds is 5. The van der Waals surface area contributed by atoms with Gasteiger partial charge < -0.3 is 14.6 Å². The van der Waals surface area contributed by atoms with Gasteiger partial charge in [0, 0.05) is 24.8 Å². The Balaban J connectivity index is 1.82. The van der Waals surface area contributed by atoms with E-state index in [4.69, 9.17) is 4.74 Å². The van der Waals surface area contributed by atoms with Crippen LogP contribution in [0.25, 0.3) is 11.0 Å². The molecule has 3 heterocycles. The predicted molar refractivity (Wildman–Crippen MR) is 128 cm³/mol. The Morgan fingerprint density at radius 3 is 2.56 bits per heavy atom. The zero-order valence-electron chi connectivity index (χ0n) is 20.3. The van der Waals surface area contributed by atoms with E-state index in [1.807, 2.05) is 6.07 Å². The summed E-state index contributed by atoms with van der Waals surface area (Å²) in [5.74, 6) is -1.39. The molecule has 1 amide bonds.